The highest BCUT2D eigenvalue weighted by molar-refractivity contribution is 7.80. The maximum absolute atomic E-state index is 13.1. The molecule has 7 atom stereocenters. The van der Waals surface area contributed by atoms with E-state index in [1.807, 2.05) is 6.08 Å². The first-order chi connectivity index (χ1) is 31.5. The van der Waals surface area contributed by atoms with Gasteiger partial charge in [0.05, 0.1) is 25.4 Å². The van der Waals surface area contributed by atoms with Crippen molar-refractivity contribution in [3.8, 4) is 0 Å². The van der Waals surface area contributed by atoms with Crippen molar-refractivity contribution in [1.82, 2.24) is 5.32 Å². The highest BCUT2D eigenvalue weighted by atomic mass is 32.3. The molecule has 7 unspecified atom stereocenters. The molecule has 0 aliphatic carbocycles. The number of allylic oxidation sites excluding steroid dienone is 1. The Morgan fingerprint density at radius 2 is 0.969 bits per heavy atom. The lowest BCUT2D eigenvalue weighted by atomic mass is 9.99. The number of aliphatic hydroxyl groups excluding tert-OH is 4. The van der Waals surface area contributed by atoms with Crippen LogP contribution in [0.2, 0.25) is 0 Å². The zero-order valence-electron chi connectivity index (χ0n) is 41.6. The summed E-state index contributed by atoms with van der Waals surface area (Å²) in [5, 5.41) is 44.9. The summed E-state index contributed by atoms with van der Waals surface area (Å²) in [7, 11) is -5.08. The van der Waals surface area contributed by atoms with Gasteiger partial charge >= 0.3 is 10.4 Å². The smallest absolute Gasteiger partial charge is 0.394 e. The average Bonchev–Trinajstić information content (AvgIpc) is 3.28. The molecule has 1 rings (SSSR count). The first-order valence-electron chi connectivity index (χ1n) is 27.1. The van der Waals surface area contributed by atoms with Crippen LogP contribution in [0, 0.1) is 0 Å². The molecule has 0 aromatic carbocycles. The van der Waals surface area contributed by atoms with Gasteiger partial charge in [-0.15, -0.1) is 0 Å². The molecule has 13 heteroatoms. The van der Waals surface area contributed by atoms with Crippen LogP contribution in [-0.4, -0.2) is 95.4 Å². The van der Waals surface area contributed by atoms with Gasteiger partial charge < -0.3 is 35.2 Å². The Bertz CT molecular complexity index is 1210. The SMILES string of the molecule is CCCCCCCCCCCCCCCCCCCCCC/C=C/C(O)C(COC1OC(CO)C(O)C(OS(=O)(=O)O)C1O)NC(=O)CCCCCCCCCCCCCCCCCC. The van der Waals surface area contributed by atoms with Gasteiger partial charge in [-0.1, -0.05) is 244 Å². The molecule has 1 heterocycles. The van der Waals surface area contributed by atoms with E-state index in [0.717, 1.165) is 38.5 Å². The Balaban J connectivity index is 2.41. The number of unbranched alkanes of at least 4 members (excludes halogenated alkanes) is 35. The van der Waals surface area contributed by atoms with Crippen LogP contribution in [0.5, 0.6) is 0 Å². The second-order valence-corrected chi connectivity index (χ2v) is 20.2. The Hall–Kier alpha value is -1.16. The second kappa shape index (κ2) is 42.9. The molecule has 1 amide bonds. The molecule has 6 N–H and O–H groups in total. The van der Waals surface area contributed by atoms with Gasteiger partial charge in [-0.25, -0.2) is 4.18 Å². The molecule has 0 aromatic rings. The van der Waals surface area contributed by atoms with Crippen LogP contribution in [0.3, 0.4) is 0 Å². The maximum atomic E-state index is 13.1. The van der Waals surface area contributed by atoms with Crippen molar-refractivity contribution in [2.45, 2.75) is 301 Å². The fourth-order valence-electron chi connectivity index (χ4n) is 8.87. The summed E-state index contributed by atoms with van der Waals surface area (Å²) in [5.41, 5.74) is 0. The number of hydrogen-bond acceptors (Lipinski definition) is 10. The van der Waals surface area contributed by atoms with Crippen LogP contribution in [0.15, 0.2) is 12.2 Å². The predicted molar refractivity (Wildman–Crippen MR) is 264 cm³/mol. The number of hydrogen-bond donors (Lipinski definition) is 6. The van der Waals surface area contributed by atoms with E-state index in [9.17, 15) is 38.2 Å². The molecular formula is C52H101NO11S. The topological polar surface area (TPSA) is 192 Å². The van der Waals surface area contributed by atoms with E-state index in [1.165, 1.54) is 193 Å². The lowest BCUT2D eigenvalue weighted by molar-refractivity contribution is -0.298. The minimum absolute atomic E-state index is 0.258. The Labute approximate surface area is 398 Å². The van der Waals surface area contributed by atoms with Gasteiger partial charge in [0.2, 0.25) is 5.91 Å². The molecule has 1 saturated heterocycles. The van der Waals surface area contributed by atoms with Gasteiger partial charge in [0.25, 0.3) is 0 Å². The van der Waals surface area contributed by atoms with Crippen molar-refractivity contribution in [3.63, 3.8) is 0 Å². The number of ether oxygens (including phenoxy) is 2. The van der Waals surface area contributed by atoms with E-state index in [0.29, 0.717) is 6.42 Å². The monoisotopic (exact) mass is 948 g/mol. The van der Waals surface area contributed by atoms with Crippen LogP contribution in [0.1, 0.15) is 258 Å². The van der Waals surface area contributed by atoms with Crippen LogP contribution in [0.25, 0.3) is 0 Å². The Morgan fingerprint density at radius 1 is 0.600 bits per heavy atom. The summed E-state index contributed by atoms with van der Waals surface area (Å²) < 4.78 is 47.8. The number of nitrogens with one attached hydrogen (secondary N) is 1. The fraction of sp³-hybridized carbons (Fsp3) is 0.942. The minimum Gasteiger partial charge on any atom is -0.394 e. The molecule has 1 aliphatic rings. The van der Waals surface area contributed by atoms with Crippen LogP contribution >= 0.6 is 0 Å². The van der Waals surface area contributed by atoms with Gasteiger partial charge in [-0.3, -0.25) is 9.35 Å². The fourth-order valence-corrected chi connectivity index (χ4v) is 9.38. The largest absolute Gasteiger partial charge is 0.397 e. The summed E-state index contributed by atoms with van der Waals surface area (Å²) in [6.07, 6.45) is 41.1. The number of rotatable bonds is 47. The van der Waals surface area contributed by atoms with Crippen LogP contribution in [-0.2, 0) is 28.9 Å². The molecular weight excluding hydrogens is 847 g/mol. The van der Waals surface area contributed by atoms with Gasteiger partial charge in [0.1, 0.15) is 24.4 Å². The van der Waals surface area contributed by atoms with Crippen LogP contribution < -0.4 is 5.32 Å². The van der Waals surface area contributed by atoms with E-state index in [1.54, 1.807) is 6.08 Å². The standard InChI is InChI=1S/C52H101NO11S/c1-3-5-7-9-11-13-15-17-19-21-22-23-24-25-26-27-29-31-33-35-37-39-41-46(55)45(44-62-52-50(58)51(64-65(59,60)61)49(57)47(43-54)63-52)53-48(56)42-40-38-36-34-32-30-28-20-18-16-14-12-10-8-6-4-2/h39,41,45-47,49-52,54-55,57-58H,3-38,40,42-44H2,1-2H3,(H,53,56)(H,59,60,61)/b41-39+. The third-order valence-corrected chi connectivity index (χ3v) is 13.5. The summed E-state index contributed by atoms with van der Waals surface area (Å²) in [6.45, 7) is 3.43. The van der Waals surface area contributed by atoms with Gasteiger partial charge in [-0.2, -0.15) is 8.42 Å². The molecule has 0 saturated carbocycles. The normalized spacial score (nSPS) is 20.1. The van der Waals surface area contributed by atoms with E-state index in [4.69, 9.17) is 9.47 Å². The first-order valence-corrected chi connectivity index (χ1v) is 28.4. The van der Waals surface area contributed by atoms with E-state index >= 15 is 0 Å². The van der Waals surface area contributed by atoms with Crippen molar-refractivity contribution in [2.24, 2.45) is 0 Å². The lowest BCUT2D eigenvalue weighted by Gasteiger charge is -2.41. The van der Waals surface area contributed by atoms with E-state index in [-0.39, 0.29) is 18.9 Å². The van der Waals surface area contributed by atoms with Gasteiger partial charge in [-0.05, 0) is 19.3 Å². The van der Waals surface area contributed by atoms with Crippen molar-refractivity contribution >= 4 is 16.3 Å². The first kappa shape index (κ1) is 61.9. The number of carbonyl (C=O) groups is 1. The van der Waals surface area contributed by atoms with Crippen molar-refractivity contribution in [2.75, 3.05) is 13.2 Å². The van der Waals surface area contributed by atoms with Crippen molar-refractivity contribution in [1.29, 1.82) is 0 Å². The minimum atomic E-state index is -5.08. The average molecular weight is 948 g/mol. The van der Waals surface area contributed by atoms with Crippen LogP contribution in [0.4, 0.5) is 0 Å². The molecule has 0 spiro atoms. The van der Waals surface area contributed by atoms with E-state index in [2.05, 4.69) is 23.3 Å². The molecule has 65 heavy (non-hydrogen) atoms. The van der Waals surface area contributed by atoms with Crippen molar-refractivity contribution < 1.29 is 51.8 Å². The number of carbonyl (C=O) groups excluding carboxylic acids is 1. The zero-order chi connectivity index (χ0) is 47.6. The third kappa shape index (κ3) is 35.6. The quantitative estimate of drug-likeness (QED) is 0.0193. The summed E-state index contributed by atoms with van der Waals surface area (Å²) >= 11 is 0. The third-order valence-electron chi connectivity index (χ3n) is 13.1. The zero-order valence-corrected chi connectivity index (χ0v) is 42.4. The predicted octanol–water partition coefficient (Wildman–Crippen LogP) is 11.9. The highest BCUT2D eigenvalue weighted by Crippen LogP contribution is 2.26. The molecule has 1 fully saturated rings. The lowest BCUT2D eigenvalue weighted by Crippen LogP contribution is -2.61. The Kier molecular flexibility index (Phi) is 40.8. The number of aliphatic hydroxyl groups is 4. The van der Waals surface area contributed by atoms with Gasteiger partial charge in [0, 0.05) is 6.42 Å². The highest BCUT2D eigenvalue weighted by Gasteiger charge is 2.48. The molecule has 0 bridgehead atoms. The molecule has 12 nitrogen and oxygen atoms in total. The molecule has 0 aromatic heterocycles. The second-order valence-electron chi connectivity index (χ2n) is 19.2. The molecule has 386 valence electrons. The molecule has 1 aliphatic heterocycles. The maximum Gasteiger partial charge on any atom is 0.397 e. The van der Waals surface area contributed by atoms with E-state index < -0.39 is 59.9 Å². The summed E-state index contributed by atoms with van der Waals surface area (Å²) in [5.74, 6) is -0.258. The summed E-state index contributed by atoms with van der Waals surface area (Å²) in [6, 6.07) is -0.939. The number of amides is 1. The summed E-state index contributed by atoms with van der Waals surface area (Å²) in [4.78, 5) is 13.1. The Morgan fingerprint density at radius 3 is 1.34 bits per heavy atom. The molecule has 0 radical (unpaired) electrons. The van der Waals surface area contributed by atoms with Gasteiger partial charge in [0.15, 0.2) is 6.29 Å². The van der Waals surface area contributed by atoms with Crippen molar-refractivity contribution in [3.05, 3.63) is 12.2 Å².